The lowest BCUT2D eigenvalue weighted by molar-refractivity contribution is -0.00521. The number of hydrogen-bond acceptors (Lipinski definition) is 5. The van der Waals surface area contributed by atoms with Crippen LogP contribution >= 0.6 is 24.0 Å². The summed E-state index contributed by atoms with van der Waals surface area (Å²) in [5.74, 6) is 1.59. The van der Waals surface area contributed by atoms with Crippen molar-refractivity contribution in [3.05, 3.63) is 0 Å². The highest BCUT2D eigenvalue weighted by molar-refractivity contribution is 14.0. The van der Waals surface area contributed by atoms with Crippen molar-refractivity contribution in [1.29, 1.82) is 0 Å². The molecule has 0 radical (unpaired) electrons. The van der Waals surface area contributed by atoms with Gasteiger partial charge in [-0.25, -0.2) is 0 Å². The van der Waals surface area contributed by atoms with Gasteiger partial charge >= 0.3 is 0 Å². The highest BCUT2D eigenvalue weighted by atomic mass is 127. The zero-order chi connectivity index (χ0) is 20.4. The maximum atomic E-state index is 5.59. The molecule has 0 aromatic rings. The van der Waals surface area contributed by atoms with Crippen molar-refractivity contribution in [2.45, 2.75) is 51.1 Å². The second kappa shape index (κ2) is 14.0. The van der Waals surface area contributed by atoms with Gasteiger partial charge in [-0.2, -0.15) is 0 Å². The molecule has 0 aliphatic carbocycles. The topological polar surface area (TPSA) is 61.4 Å². The van der Waals surface area contributed by atoms with Crippen LogP contribution in [0.3, 0.4) is 0 Å². The molecule has 1 atom stereocenters. The molecule has 0 spiro atoms. The molecular formula is C21H44IN5O2. The Bertz CT molecular complexity index is 462. The van der Waals surface area contributed by atoms with E-state index in [0.29, 0.717) is 12.0 Å². The summed E-state index contributed by atoms with van der Waals surface area (Å²) < 4.78 is 11.2. The lowest BCUT2D eigenvalue weighted by Crippen LogP contribution is -2.58. The number of halogens is 1. The van der Waals surface area contributed by atoms with Gasteiger partial charge in [-0.3, -0.25) is 9.89 Å². The minimum Gasteiger partial charge on any atom is -0.381 e. The Morgan fingerprint density at radius 3 is 2.14 bits per heavy atom. The molecule has 2 N–H and O–H groups in total. The van der Waals surface area contributed by atoms with E-state index in [1.165, 1.54) is 12.8 Å². The first-order valence-corrected chi connectivity index (χ1v) is 11.1. The quantitative estimate of drug-likeness (QED) is 0.273. The highest BCUT2D eigenvalue weighted by Gasteiger charge is 2.35. The number of aliphatic imine (C=N–C) groups is 1. The fourth-order valence-corrected chi connectivity index (χ4v) is 4.54. The largest absolute Gasteiger partial charge is 0.381 e. The summed E-state index contributed by atoms with van der Waals surface area (Å²) in [4.78, 5) is 9.43. The van der Waals surface area contributed by atoms with Gasteiger partial charge in [0, 0.05) is 58.0 Å². The van der Waals surface area contributed by atoms with Gasteiger partial charge < -0.3 is 25.0 Å². The van der Waals surface area contributed by atoms with Crippen molar-refractivity contribution < 1.29 is 9.47 Å². The summed E-state index contributed by atoms with van der Waals surface area (Å²) in [5.41, 5.74) is 0.134. The van der Waals surface area contributed by atoms with Gasteiger partial charge in [0.25, 0.3) is 0 Å². The number of likely N-dealkylation sites (N-methyl/N-ethyl adjacent to an activating group) is 1. The summed E-state index contributed by atoms with van der Waals surface area (Å²) in [5, 5.41) is 7.21. The minimum atomic E-state index is 0. The van der Waals surface area contributed by atoms with E-state index >= 15 is 0 Å². The molecule has 0 bridgehead atoms. The van der Waals surface area contributed by atoms with E-state index in [0.717, 1.165) is 71.4 Å². The molecule has 2 rings (SSSR count). The Morgan fingerprint density at radius 2 is 1.62 bits per heavy atom. The molecule has 2 fully saturated rings. The zero-order valence-corrected chi connectivity index (χ0v) is 21.5. The Balaban J connectivity index is 0.00000420. The first-order chi connectivity index (χ1) is 13.6. The standard InChI is InChI=1S/C21H43N5O2.HI/c1-6-18(7-2)19(26-10-14-28-15-11-26)16-23-20(22-3)24-17-21(25(4)5)8-12-27-13-9-21;/h18-19H,6-17H2,1-5H3,(H2,22,23,24);1H. The van der Waals surface area contributed by atoms with Crippen LogP contribution < -0.4 is 10.6 Å². The Kier molecular flexibility index (Phi) is 13.0. The van der Waals surface area contributed by atoms with E-state index in [1.54, 1.807) is 0 Å². The molecule has 0 aromatic heterocycles. The zero-order valence-electron chi connectivity index (χ0n) is 19.2. The smallest absolute Gasteiger partial charge is 0.191 e. The third kappa shape index (κ3) is 7.79. The van der Waals surface area contributed by atoms with Crippen molar-refractivity contribution in [1.82, 2.24) is 20.4 Å². The van der Waals surface area contributed by atoms with Crippen LogP contribution in [-0.4, -0.2) is 101 Å². The highest BCUT2D eigenvalue weighted by Crippen LogP contribution is 2.25. The first kappa shape index (κ1) is 26.9. The summed E-state index contributed by atoms with van der Waals surface area (Å²) in [7, 11) is 6.21. The van der Waals surface area contributed by atoms with Crippen LogP contribution in [0.1, 0.15) is 39.5 Å². The van der Waals surface area contributed by atoms with E-state index in [1.807, 2.05) is 7.05 Å². The first-order valence-electron chi connectivity index (χ1n) is 11.1. The summed E-state index contributed by atoms with van der Waals surface area (Å²) in [6.07, 6.45) is 4.51. The number of ether oxygens (including phenoxy) is 2. The molecule has 2 saturated heterocycles. The molecule has 172 valence electrons. The second-order valence-electron chi connectivity index (χ2n) is 8.33. The van der Waals surface area contributed by atoms with Crippen LogP contribution in [0.25, 0.3) is 0 Å². The van der Waals surface area contributed by atoms with Gasteiger partial charge in [-0.15, -0.1) is 24.0 Å². The Labute approximate surface area is 195 Å². The van der Waals surface area contributed by atoms with E-state index in [4.69, 9.17) is 9.47 Å². The Morgan fingerprint density at radius 1 is 1.03 bits per heavy atom. The van der Waals surface area contributed by atoms with Gasteiger partial charge in [0.15, 0.2) is 5.96 Å². The molecule has 8 heteroatoms. The number of morpholine rings is 1. The second-order valence-corrected chi connectivity index (χ2v) is 8.33. The maximum absolute atomic E-state index is 5.59. The van der Waals surface area contributed by atoms with Crippen molar-refractivity contribution in [2.24, 2.45) is 10.9 Å². The molecule has 2 aliphatic rings. The van der Waals surface area contributed by atoms with Crippen LogP contribution in [0.5, 0.6) is 0 Å². The molecule has 7 nitrogen and oxygen atoms in total. The molecule has 1 unspecified atom stereocenters. The average Bonchev–Trinajstić information content (AvgIpc) is 2.74. The lowest BCUT2D eigenvalue weighted by atomic mass is 9.88. The summed E-state index contributed by atoms with van der Waals surface area (Å²) in [6.45, 7) is 11.8. The van der Waals surface area contributed by atoms with Crippen molar-refractivity contribution in [3.63, 3.8) is 0 Å². The van der Waals surface area contributed by atoms with Crippen molar-refractivity contribution >= 4 is 29.9 Å². The van der Waals surface area contributed by atoms with Crippen molar-refractivity contribution in [3.8, 4) is 0 Å². The van der Waals surface area contributed by atoms with Crippen LogP contribution in [0.2, 0.25) is 0 Å². The minimum absolute atomic E-state index is 0. The van der Waals surface area contributed by atoms with Crippen LogP contribution in [-0.2, 0) is 9.47 Å². The predicted octanol–water partition coefficient (Wildman–Crippen LogP) is 2.02. The molecule has 29 heavy (non-hydrogen) atoms. The number of hydrogen-bond donors (Lipinski definition) is 2. The van der Waals surface area contributed by atoms with Gasteiger partial charge in [0.1, 0.15) is 0 Å². The number of guanidine groups is 1. The predicted molar refractivity (Wildman–Crippen MR) is 132 cm³/mol. The van der Waals surface area contributed by atoms with Crippen LogP contribution in [0, 0.1) is 5.92 Å². The average molecular weight is 526 g/mol. The maximum Gasteiger partial charge on any atom is 0.191 e. The number of nitrogens with zero attached hydrogens (tertiary/aromatic N) is 3. The SMILES string of the molecule is CCC(CC)C(CNC(=NC)NCC1(N(C)C)CCOCC1)N1CCOCC1.I. The molecule has 2 heterocycles. The van der Waals surface area contributed by atoms with E-state index < -0.39 is 0 Å². The molecule has 2 aliphatic heterocycles. The van der Waals surface area contributed by atoms with Gasteiger partial charge in [0.05, 0.1) is 13.2 Å². The third-order valence-corrected chi connectivity index (χ3v) is 6.77. The number of nitrogens with one attached hydrogen (secondary N) is 2. The Hall–Kier alpha value is -0.160. The van der Waals surface area contributed by atoms with Gasteiger partial charge in [-0.1, -0.05) is 26.7 Å². The molecule has 0 aromatic carbocycles. The normalized spacial score (nSPS) is 21.7. The molecular weight excluding hydrogens is 481 g/mol. The van der Waals surface area contributed by atoms with Gasteiger partial charge in [0.2, 0.25) is 0 Å². The fraction of sp³-hybridized carbons (Fsp3) is 0.952. The fourth-order valence-electron chi connectivity index (χ4n) is 4.54. The summed E-state index contributed by atoms with van der Waals surface area (Å²) in [6, 6.07) is 0.517. The lowest BCUT2D eigenvalue weighted by Gasteiger charge is -2.43. The third-order valence-electron chi connectivity index (χ3n) is 6.77. The van der Waals surface area contributed by atoms with E-state index in [-0.39, 0.29) is 29.5 Å². The van der Waals surface area contributed by atoms with E-state index in [9.17, 15) is 0 Å². The van der Waals surface area contributed by atoms with Crippen molar-refractivity contribution in [2.75, 3.05) is 73.7 Å². The monoisotopic (exact) mass is 525 g/mol. The number of rotatable bonds is 9. The van der Waals surface area contributed by atoms with Crippen LogP contribution in [0.15, 0.2) is 4.99 Å². The van der Waals surface area contributed by atoms with Gasteiger partial charge in [-0.05, 0) is 32.9 Å². The molecule has 0 amide bonds. The van der Waals surface area contributed by atoms with E-state index in [2.05, 4.69) is 53.4 Å². The molecule has 0 saturated carbocycles. The summed E-state index contributed by atoms with van der Waals surface area (Å²) >= 11 is 0. The van der Waals surface area contributed by atoms with Crippen LogP contribution in [0.4, 0.5) is 0 Å².